The van der Waals surface area contributed by atoms with Gasteiger partial charge >= 0.3 is 0 Å². The number of rotatable bonds is 3. The summed E-state index contributed by atoms with van der Waals surface area (Å²) in [6.07, 6.45) is 1.84. The molecule has 5 nitrogen and oxygen atoms in total. The molecule has 1 aromatic rings. The highest BCUT2D eigenvalue weighted by atomic mass is 19.1. The third-order valence-corrected chi connectivity index (χ3v) is 3.74. The van der Waals surface area contributed by atoms with Gasteiger partial charge in [0.2, 0.25) is 0 Å². The molecule has 1 fully saturated rings. The van der Waals surface area contributed by atoms with Gasteiger partial charge in [-0.3, -0.25) is 10.1 Å². The van der Waals surface area contributed by atoms with Crippen LogP contribution >= 0.6 is 0 Å². The van der Waals surface area contributed by atoms with Crippen molar-refractivity contribution in [3.63, 3.8) is 0 Å². The average Bonchev–Trinajstić information content (AvgIpc) is 2.41. The minimum atomic E-state index is -0.535. The molecule has 6 heteroatoms. The molecule has 0 saturated carbocycles. The van der Waals surface area contributed by atoms with Crippen LogP contribution < -0.4 is 10.6 Å². The van der Waals surface area contributed by atoms with Crippen molar-refractivity contribution in [1.82, 2.24) is 0 Å². The molecule has 104 valence electrons. The molecule has 2 N–H and O–H groups in total. The number of nitrogens with two attached hydrogens (primary N) is 1. The highest BCUT2D eigenvalue weighted by molar-refractivity contribution is 5.65. The summed E-state index contributed by atoms with van der Waals surface area (Å²) in [6, 6.07) is 2.58. The molecular weight excluding hydrogens is 249 g/mol. The third kappa shape index (κ3) is 2.84. The predicted molar refractivity (Wildman–Crippen MR) is 71.8 cm³/mol. The van der Waals surface area contributed by atoms with Crippen LogP contribution in [0.15, 0.2) is 12.1 Å². The van der Waals surface area contributed by atoms with E-state index >= 15 is 0 Å². The first-order valence-corrected chi connectivity index (χ1v) is 6.42. The van der Waals surface area contributed by atoms with Crippen molar-refractivity contribution in [1.29, 1.82) is 0 Å². The van der Waals surface area contributed by atoms with Crippen molar-refractivity contribution in [2.24, 2.45) is 11.7 Å². The molecule has 2 rings (SSSR count). The summed E-state index contributed by atoms with van der Waals surface area (Å²) in [5.74, 6) is -0.0517. The molecule has 0 unspecified atom stereocenters. The van der Waals surface area contributed by atoms with Crippen LogP contribution in [-0.4, -0.2) is 24.6 Å². The van der Waals surface area contributed by atoms with E-state index < -0.39 is 10.7 Å². The lowest BCUT2D eigenvalue weighted by molar-refractivity contribution is -0.384. The minimum Gasteiger partial charge on any atom is -0.366 e. The molecule has 19 heavy (non-hydrogen) atoms. The van der Waals surface area contributed by atoms with E-state index in [1.165, 1.54) is 0 Å². The van der Waals surface area contributed by atoms with Gasteiger partial charge in [0.15, 0.2) is 0 Å². The fraction of sp³-hybridized carbons (Fsp3) is 0.538. The van der Waals surface area contributed by atoms with Crippen molar-refractivity contribution in [3.05, 3.63) is 33.6 Å². The first-order chi connectivity index (χ1) is 9.02. The molecule has 1 heterocycles. The van der Waals surface area contributed by atoms with Gasteiger partial charge in [-0.2, -0.15) is 0 Å². The Kier molecular flexibility index (Phi) is 3.99. The Hall–Kier alpha value is -1.69. The lowest BCUT2D eigenvalue weighted by Crippen LogP contribution is -2.36. The molecule has 0 radical (unpaired) electrons. The Morgan fingerprint density at radius 3 is 2.63 bits per heavy atom. The summed E-state index contributed by atoms with van der Waals surface area (Å²) in [5, 5.41) is 11.0. The molecule has 0 bridgehead atoms. The van der Waals surface area contributed by atoms with Crippen LogP contribution in [0.25, 0.3) is 0 Å². The van der Waals surface area contributed by atoms with Crippen LogP contribution in [0.3, 0.4) is 0 Å². The number of halogens is 1. The number of aryl methyl sites for hydroxylation is 1. The SMILES string of the molecule is Cc1cc(N2CCC(CN)CC2)c([N+](=O)[O-])cc1F. The van der Waals surface area contributed by atoms with E-state index in [1.54, 1.807) is 13.0 Å². The second-order valence-electron chi connectivity index (χ2n) is 5.01. The zero-order chi connectivity index (χ0) is 14.0. The van der Waals surface area contributed by atoms with E-state index in [9.17, 15) is 14.5 Å². The number of nitro benzene ring substituents is 1. The number of hydrogen-bond donors (Lipinski definition) is 1. The normalized spacial score (nSPS) is 16.7. The third-order valence-electron chi connectivity index (χ3n) is 3.74. The van der Waals surface area contributed by atoms with Crippen molar-refractivity contribution < 1.29 is 9.31 Å². The number of hydrogen-bond acceptors (Lipinski definition) is 4. The fourth-order valence-corrected chi connectivity index (χ4v) is 2.46. The van der Waals surface area contributed by atoms with E-state index in [2.05, 4.69) is 0 Å². The maximum absolute atomic E-state index is 13.5. The zero-order valence-electron chi connectivity index (χ0n) is 10.9. The molecule has 1 saturated heterocycles. The standard InChI is InChI=1S/C13H18FN3O2/c1-9-6-12(13(17(18)19)7-11(9)14)16-4-2-10(8-15)3-5-16/h6-7,10H,2-5,8,15H2,1H3. The number of benzene rings is 1. The highest BCUT2D eigenvalue weighted by Gasteiger charge is 2.25. The molecule has 0 amide bonds. The largest absolute Gasteiger partial charge is 0.366 e. The summed E-state index contributed by atoms with van der Waals surface area (Å²) >= 11 is 0. The van der Waals surface area contributed by atoms with Crippen LogP contribution in [0.5, 0.6) is 0 Å². The van der Waals surface area contributed by atoms with E-state index in [4.69, 9.17) is 5.73 Å². The van der Waals surface area contributed by atoms with Crippen LogP contribution in [-0.2, 0) is 0 Å². The van der Waals surface area contributed by atoms with Crippen molar-refractivity contribution in [2.75, 3.05) is 24.5 Å². The Bertz CT molecular complexity index is 485. The molecule has 0 aliphatic carbocycles. The van der Waals surface area contributed by atoms with E-state index in [1.807, 2.05) is 4.90 Å². The quantitative estimate of drug-likeness (QED) is 0.673. The first kappa shape index (κ1) is 13.7. The molecule has 1 aliphatic rings. The Balaban J connectivity index is 2.29. The maximum atomic E-state index is 13.5. The average molecular weight is 267 g/mol. The number of anilines is 1. The van der Waals surface area contributed by atoms with Crippen molar-refractivity contribution in [2.45, 2.75) is 19.8 Å². The van der Waals surface area contributed by atoms with Gasteiger partial charge in [0, 0.05) is 13.1 Å². The highest BCUT2D eigenvalue weighted by Crippen LogP contribution is 2.33. The van der Waals surface area contributed by atoms with Gasteiger partial charge in [-0.25, -0.2) is 4.39 Å². The number of nitrogens with zero attached hydrogens (tertiary/aromatic N) is 2. The van der Waals surface area contributed by atoms with Crippen molar-refractivity contribution >= 4 is 11.4 Å². The van der Waals surface area contributed by atoms with Crippen LogP contribution in [0.4, 0.5) is 15.8 Å². The lowest BCUT2D eigenvalue weighted by atomic mass is 9.96. The number of piperidine rings is 1. The Morgan fingerprint density at radius 2 is 2.11 bits per heavy atom. The van der Waals surface area contributed by atoms with Crippen LogP contribution in [0, 0.1) is 28.8 Å². The molecule has 0 spiro atoms. The smallest absolute Gasteiger partial charge is 0.295 e. The predicted octanol–water partition coefficient (Wildman–Crippen LogP) is 2.22. The molecule has 0 aromatic heterocycles. The zero-order valence-corrected chi connectivity index (χ0v) is 10.9. The van der Waals surface area contributed by atoms with Gasteiger partial charge in [0.1, 0.15) is 11.5 Å². The molecular formula is C13H18FN3O2. The molecule has 1 aromatic carbocycles. The lowest BCUT2D eigenvalue weighted by Gasteiger charge is -2.32. The van der Waals surface area contributed by atoms with Gasteiger partial charge in [0.05, 0.1) is 11.0 Å². The maximum Gasteiger partial charge on any atom is 0.295 e. The first-order valence-electron chi connectivity index (χ1n) is 6.42. The molecule has 1 aliphatic heterocycles. The Morgan fingerprint density at radius 1 is 1.47 bits per heavy atom. The van der Waals surface area contributed by atoms with Crippen LogP contribution in [0.2, 0.25) is 0 Å². The second kappa shape index (κ2) is 5.52. The van der Waals surface area contributed by atoms with Gasteiger partial charge in [-0.15, -0.1) is 0 Å². The summed E-state index contributed by atoms with van der Waals surface area (Å²) < 4.78 is 13.5. The second-order valence-corrected chi connectivity index (χ2v) is 5.01. The van der Waals surface area contributed by atoms with E-state index in [0.29, 0.717) is 23.7 Å². The van der Waals surface area contributed by atoms with E-state index in [0.717, 1.165) is 32.0 Å². The van der Waals surface area contributed by atoms with Crippen LogP contribution in [0.1, 0.15) is 18.4 Å². The van der Waals surface area contributed by atoms with E-state index in [-0.39, 0.29) is 5.69 Å². The van der Waals surface area contributed by atoms with Gasteiger partial charge in [-0.1, -0.05) is 0 Å². The molecule has 0 atom stereocenters. The minimum absolute atomic E-state index is 0.158. The topological polar surface area (TPSA) is 72.4 Å². The van der Waals surface area contributed by atoms with Crippen molar-refractivity contribution in [3.8, 4) is 0 Å². The fourth-order valence-electron chi connectivity index (χ4n) is 2.46. The van der Waals surface area contributed by atoms with Gasteiger partial charge < -0.3 is 10.6 Å². The Labute approximate surface area is 111 Å². The summed E-state index contributed by atoms with van der Waals surface area (Å²) in [7, 11) is 0. The summed E-state index contributed by atoms with van der Waals surface area (Å²) in [5.41, 5.74) is 6.42. The number of nitro groups is 1. The van der Waals surface area contributed by atoms with Gasteiger partial charge in [-0.05, 0) is 43.9 Å². The summed E-state index contributed by atoms with van der Waals surface area (Å²) in [4.78, 5) is 12.5. The summed E-state index contributed by atoms with van der Waals surface area (Å²) in [6.45, 7) is 3.73. The monoisotopic (exact) mass is 267 g/mol. The van der Waals surface area contributed by atoms with Gasteiger partial charge in [0.25, 0.3) is 5.69 Å².